The van der Waals surface area contributed by atoms with E-state index < -0.39 is 0 Å². The summed E-state index contributed by atoms with van der Waals surface area (Å²) in [5, 5.41) is 9.31. The van der Waals surface area contributed by atoms with Gasteiger partial charge in [-0.15, -0.1) is 0 Å². The van der Waals surface area contributed by atoms with Gasteiger partial charge in [-0.25, -0.2) is 0 Å². The van der Waals surface area contributed by atoms with E-state index in [1.807, 2.05) is 14.1 Å². The van der Waals surface area contributed by atoms with Crippen molar-refractivity contribution in [3.05, 3.63) is 0 Å². The highest BCUT2D eigenvalue weighted by atomic mass is 15.1. The number of nitrogens with zero attached hydrogens (tertiary/aromatic N) is 2. The van der Waals surface area contributed by atoms with Gasteiger partial charge in [0, 0.05) is 0 Å². The van der Waals surface area contributed by atoms with Gasteiger partial charge >= 0.3 is 0 Å². The van der Waals surface area contributed by atoms with Crippen molar-refractivity contribution >= 4 is 0 Å². The van der Waals surface area contributed by atoms with Crippen LogP contribution in [0.2, 0.25) is 0 Å². The highest BCUT2D eigenvalue weighted by Crippen LogP contribution is 2.40. The van der Waals surface area contributed by atoms with E-state index in [1.54, 1.807) is 0 Å². The second-order valence-electron chi connectivity index (χ2n) is 4.59. The third-order valence-electron chi connectivity index (χ3n) is 3.82. The largest absolute Gasteiger partial charge is 0.291 e. The van der Waals surface area contributed by atoms with E-state index in [0.29, 0.717) is 11.8 Å². The summed E-state index contributed by atoms with van der Waals surface area (Å²) in [6.07, 6.45) is 3.50. The average Bonchev–Trinajstić information content (AvgIpc) is 2.09. The Kier molecular flexibility index (Phi) is 2.98. The number of hydrogen-bond donors (Lipinski definition) is 0. The highest BCUT2D eigenvalue weighted by molar-refractivity contribution is 5.12. The van der Waals surface area contributed by atoms with E-state index in [1.165, 1.54) is 12.8 Å². The van der Waals surface area contributed by atoms with Crippen molar-refractivity contribution in [1.82, 2.24) is 4.90 Å². The van der Waals surface area contributed by atoms with Crippen molar-refractivity contribution in [3.8, 4) is 6.07 Å². The van der Waals surface area contributed by atoms with Crippen LogP contribution in [0.3, 0.4) is 0 Å². The minimum Gasteiger partial charge on any atom is -0.291 e. The lowest BCUT2D eigenvalue weighted by Crippen LogP contribution is -2.52. The van der Waals surface area contributed by atoms with Crippen molar-refractivity contribution in [2.24, 2.45) is 11.8 Å². The summed E-state index contributed by atoms with van der Waals surface area (Å²) < 4.78 is 0. The Balaban J connectivity index is 2.91. The maximum atomic E-state index is 9.31. The summed E-state index contributed by atoms with van der Waals surface area (Å²) in [4.78, 5) is 2.10. The molecule has 0 aromatic carbocycles. The average molecular weight is 180 g/mol. The van der Waals surface area contributed by atoms with Gasteiger partial charge in [-0.05, 0) is 32.4 Å². The van der Waals surface area contributed by atoms with Crippen molar-refractivity contribution in [3.63, 3.8) is 0 Å². The first-order chi connectivity index (χ1) is 6.04. The molecule has 3 atom stereocenters. The summed E-state index contributed by atoms with van der Waals surface area (Å²) in [5.41, 5.74) is -0.211. The van der Waals surface area contributed by atoms with E-state index in [0.717, 1.165) is 6.42 Å². The van der Waals surface area contributed by atoms with E-state index in [9.17, 15) is 5.26 Å². The van der Waals surface area contributed by atoms with Gasteiger partial charge in [0.25, 0.3) is 0 Å². The lowest BCUT2D eigenvalue weighted by Gasteiger charge is -2.45. The molecule has 0 aromatic heterocycles. The lowest BCUT2D eigenvalue weighted by atomic mass is 9.68. The van der Waals surface area contributed by atoms with Gasteiger partial charge in [-0.2, -0.15) is 5.26 Å². The highest BCUT2D eigenvalue weighted by Gasteiger charge is 2.43. The molecule has 1 aliphatic rings. The molecule has 0 spiro atoms. The molecule has 13 heavy (non-hydrogen) atoms. The van der Waals surface area contributed by atoms with Crippen molar-refractivity contribution < 1.29 is 0 Å². The van der Waals surface area contributed by atoms with Crippen LogP contribution in [0.4, 0.5) is 0 Å². The van der Waals surface area contributed by atoms with Gasteiger partial charge in [0.05, 0.1) is 6.07 Å². The zero-order chi connectivity index (χ0) is 10.1. The molecule has 0 bridgehead atoms. The standard InChI is InChI=1S/C11H20N2/c1-9-6-5-7-11(8-12,10(9)2)13(3)4/h9-10H,5-7H2,1-4H3. The number of rotatable bonds is 1. The van der Waals surface area contributed by atoms with Crippen LogP contribution < -0.4 is 0 Å². The monoisotopic (exact) mass is 180 g/mol. The molecule has 1 saturated carbocycles. The molecule has 0 aliphatic heterocycles. The van der Waals surface area contributed by atoms with Crippen molar-refractivity contribution in [1.29, 1.82) is 5.26 Å². The third-order valence-corrected chi connectivity index (χ3v) is 3.82. The molecular weight excluding hydrogens is 160 g/mol. The zero-order valence-corrected chi connectivity index (χ0v) is 9.17. The molecule has 0 saturated heterocycles. The molecule has 1 aliphatic carbocycles. The maximum Gasteiger partial charge on any atom is 0.111 e. The van der Waals surface area contributed by atoms with Gasteiger partial charge in [0.2, 0.25) is 0 Å². The predicted octanol–water partition coefficient (Wildman–Crippen LogP) is 2.27. The van der Waals surface area contributed by atoms with Gasteiger partial charge < -0.3 is 0 Å². The van der Waals surface area contributed by atoms with E-state index in [4.69, 9.17) is 0 Å². The summed E-state index contributed by atoms with van der Waals surface area (Å²) in [7, 11) is 4.05. The van der Waals surface area contributed by atoms with E-state index in [-0.39, 0.29) is 5.54 Å². The van der Waals surface area contributed by atoms with Gasteiger partial charge in [-0.1, -0.05) is 26.7 Å². The van der Waals surface area contributed by atoms with Gasteiger partial charge in [0.15, 0.2) is 0 Å². The molecule has 2 heteroatoms. The van der Waals surface area contributed by atoms with Crippen LogP contribution in [0.25, 0.3) is 0 Å². The quantitative estimate of drug-likeness (QED) is 0.619. The Labute approximate surface area is 81.5 Å². The van der Waals surface area contributed by atoms with E-state index in [2.05, 4.69) is 24.8 Å². The van der Waals surface area contributed by atoms with Crippen LogP contribution in [-0.2, 0) is 0 Å². The lowest BCUT2D eigenvalue weighted by molar-refractivity contribution is 0.0638. The predicted molar refractivity (Wildman–Crippen MR) is 54.2 cm³/mol. The SMILES string of the molecule is CC1CCCC(C#N)(N(C)C)C1C. The molecule has 0 heterocycles. The second-order valence-corrected chi connectivity index (χ2v) is 4.59. The van der Waals surface area contributed by atoms with Crippen molar-refractivity contribution in [2.75, 3.05) is 14.1 Å². The fourth-order valence-electron chi connectivity index (χ4n) is 2.53. The Morgan fingerprint density at radius 1 is 1.38 bits per heavy atom. The van der Waals surface area contributed by atoms with Gasteiger partial charge in [0.1, 0.15) is 5.54 Å². The van der Waals surface area contributed by atoms with Crippen LogP contribution in [0.1, 0.15) is 33.1 Å². The Bertz CT molecular complexity index is 217. The third kappa shape index (κ3) is 1.58. The summed E-state index contributed by atoms with van der Waals surface area (Å²) >= 11 is 0. The zero-order valence-electron chi connectivity index (χ0n) is 9.17. The second kappa shape index (κ2) is 3.67. The van der Waals surface area contributed by atoms with E-state index >= 15 is 0 Å². The minimum atomic E-state index is -0.211. The molecule has 3 unspecified atom stereocenters. The molecule has 1 rings (SSSR count). The fourth-order valence-corrected chi connectivity index (χ4v) is 2.53. The van der Waals surface area contributed by atoms with Crippen LogP contribution in [0.5, 0.6) is 0 Å². The molecule has 1 fully saturated rings. The van der Waals surface area contributed by atoms with Crippen LogP contribution >= 0.6 is 0 Å². The molecule has 0 radical (unpaired) electrons. The molecular formula is C11H20N2. The Morgan fingerprint density at radius 3 is 2.38 bits per heavy atom. The first-order valence-corrected chi connectivity index (χ1v) is 5.13. The van der Waals surface area contributed by atoms with Crippen LogP contribution in [0, 0.1) is 23.2 Å². The molecule has 0 amide bonds. The topological polar surface area (TPSA) is 27.0 Å². The summed E-state index contributed by atoms with van der Waals surface area (Å²) in [6.45, 7) is 4.48. The number of hydrogen-bond acceptors (Lipinski definition) is 2. The molecule has 74 valence electrons. The number of nitriles is 1. The normalized spacial score (nSPS) is 40.3. The summed E-state index contributed by atoms with van der Waals surface area (Å²) in [5.74, 6) is 1.16. The molecule has 0 N–H and O–H groups in total. The van der Waals surface area contributed by atoms with Gasteiger partial charge in [-0.3, -0.25) is 4.90 Å². The summed E-state index contributed by atoms with van der Waals surface area (Å²) in [6, 6.07) is 2.52. The van der Waals surface area contributed by atoms with Crippen LogP contribution in [-0.4, -0.2) is 24.5 Å². The first kappa shape index (κ1) is 10.5. The maximum absolute atomic E-state index is 9.31. The first-order valence-electron chi connectivity index (χ1n) is 5.13. The van der Waals surface area contributed by atoms with Crippen molar-refractivity contribution in [2.45, 2.75) is 38.6 Å². The minimum absolute atomic E-state index is 0.211. The Morgan fingerprint density at radius 2 is 2.00 bits per heavy atom. The molecule has 0 aromatic rings. The fraction of sp³-hybridized carbons (Fsp3) is 0.909. The van der Waals surface area contributed by atoms with Crippen LogP contribution in [0.15, 0.2) is 0 Å². The molecule has 2 nitrogen and oxygen atoms in total. The Hall–Kier alpha value is -0.550. The smallest absolute Gasteiger partial charge is 0.111 e.